The molecule has 0 bridgehead atoms. The van der Waals surface area contributed by atoms with Crippen molar-refractivity contribution in [2.24, 2.45) is 11.7 Å². The van der Waals surface area contributed by atoms with Crippen LogP contribution in [0, 0.1) is 5.92 Å². The van der Waals surface area contributed by atoms with Crippen LogP contribution in [0.15, 0.2) is 0 Å². The van der Waals surface area contributed by atoms with E-state index in [2.05, 4.69) is 33.9 Å². The number of nitrogens with one attached hydrogen (secondary N) is 1. The first kappa shape index (κ1) is 10.4. The van der Waals surface area contributed by atoms with Crippen molar-refractivity contribution >= 4 is 5.95 Å². The van der Waals surface area contributed by atoms with Gasteiger partial charge >= 0.3 is 0 Å². The van der Waals surface area contributed by atoms with E-state index in [4.69, 9.17) is 5.73 Å². The molecule has 3 N–H and O–H groups in total. The lowest BCUT2D eigenvalue weighted by Gasteiger charge is -2.11. The van der Waals surface area contributed by atoms with Crippen molar-refractivity contribution in [3.63, 3.8) is 0 Å². The number of hydrogen-bond acceptors (Lipinski definition) is 4. The van der Waals surface area contributed by atoms with Gasteiger partial charge in [-0.2, -0.15) is 4.98 Å². The Morgan fingerprint density at radius 3 is 3.00 bits per heavy atom. The Labute approximate surface area is 90.1 Å². The predicted molar refractivity (Wildman–Crippen MR) is 59.7 cm³/mol. The maximum atomic E-state index is 5.84. The third-order valence-electron chi connectivity index (χ3n) is 2.63. The molecule has 1 aromatic rings. The summed E-state index contributed by atoms with van der Waals surface area (Å²) in [5, 5.41) is 7.21. The molecule has 1 aliphatic rings. The SMILES string of the molecule is CC(C)Cc1nc(N2CCC(N)C2)n[nH]1. The Bertz CT molecular complexity index is 319. The summed E-state index contributed by atoms with van der Waals surface area (Å²) in [6.45, 7) is 6.20. The van der Waals surface area contributed by atoms with Gasteiger partial charge in [0.1, 0.15) is 5.82 Å². The molecule has 0 aliphatic carbocycles. The summed E-state index contributed by atoms with van der Waals surface area (Å²) in [6.07, 6.45) is 1.99. The van der Waals surface area contributed by atoms with Crippen LogP contribution >= 0.6 is 0 Å². The fourth-order valence-electron chi connectivity index (χ4n) is 1.87. The fraction of sp³-hybridized carbons (Fsp3) is 0.800. The normalized spacial score (nSPS) is 21.6. The van der Waals surface area contributed by atoms with Crippen LogP contribution < -0.4 is 10.6 Å². The molecule has 1 aromatic heterocycles. The zero-order valence-electron chi connectivity index (χ0n) is 9.40. The van der Waals surface area contributed by atoms with Crippen molar-refractivity contribution in [2.45, 2.75) is 32.7 Å². The molecule has 0 aromatic carbocycles. The van der Waals surface area contributed by atoms with E-state index in [1.165, 1.54) is 0 Å². The molecule has 1 aliphatic heterocycles. The van der Waals surface area contributed by atoms with Crippen molar-refractivity contribution in [2.75, 3.05) is 18.0 Å². The third kappa shape index (κ3) is 2.47. The molecule has 2 rings (SSSR count). The molecule has 1 fully saturated rings. The second kappa shape index (κ2) is 4.18. The second-order valence-electron chi connectivity index (χ2n) is 4.67. The molecule has 15 heavy (non-hydrogen) atoms. The molecule has 1 saturated heterocycles. The first-order chi connectivity index (χ1) is 7.15. The molecular formula is C10H19N5. The van der Waals surface area contributed by atoms with Crippen LogP contribution in [0.4, 0.5) is 5.95 Å². The molecule has 0 radical (unpaired) electrons. The highest BCUT2D eigenvalue weighted by molar-refractivity contribution is 5.31. The molecule has 0 saturated carbocycles. The van der Waals surface area contributed by atoms with E-state index in [-0.39, 0.29) is 6.04 Å². The molecule has 0 spiro atoms. The summed E-state index contributed by atoms with van der Waals surface area (Å²) in [4.78, 5) is 6.61. The van der Waals surface area contributed by atoms with E-state index in [9.17, 15) is 0 Å². The molecule has 5 heteroatoms. The van der Waals surface area contributed by atoms with Gasteiger partial charge in [-0.05, 0) is 12.3 Å². The zero-order valence-corrected chi connectivity index (χ0v) is 9.40. The van der Waals surface area contributed by atoms with Crippen molar-refractivity contribution in [1.82, 2.24) is 15.2 Å². The van der Waals surface area contributed by atoms with Gasteiger partial charge < -0.3 is 10.6 Å². The molecular weight excluding hydrogens is 190 g/mol. The average molecular weight is 209 g/mol. The highest BCUT2D eigenvalue weighted by Gasteiger charge is 2.22. The van der Waals surface area contributed by atoms with E-state index in [1.807, 2.05) is 0 Å². The summed E-state index contributed by atoms with van der Waals surface area (Å²) < 4.78 is 0. The van der Waals surface area contributed by atoms with Crippen LogP contribution in [0.2, 0.25) is 0 Å². The maximum absolute atomic E-state index is 5.84. The van der Waals surface area contributed by atoms with Gasteiger partial charge in [0.25, 0.3) is 0 Å². The van der Waals surface area contributed by atoms with Gasteiger partial charge in [0, 0.05) is 25.6 Å². The molecule has 5 nitrogen and oxygen atoms in total. The Morgan fingerprint density at radius 1 is 1.60 bits per heavy atom. The number of hydrogen-bond donors (Lipinski definition) is 2. The van der Waals surface area contributed by atoms with E-state index in [0.717, 1.165) is 37.7 Å². The van der Waals surface area contributed by atoms with Gasteiger partial charge in [-0.3, -0.25) is 5.10 Å². The average Bonchev–Trinajstić information content (AvgIpc) is 2.72. The van der Waals surface area contributed by atoms with Crippen molar-refractivity contribution < 1.29 is 0 Å². The van der Waals surface area contributed by atoms with E-state index in [1.54, 1.807) is 0 Å². The van der Waals surface area contributed by atoms with Crippen LogP contribution in [0.5, 0.6) is 0 Å². The lowest BCUT2D eigenvalue weighted by molar-refractivity contribution is 0.622. The predicted octanol–water partition coefficient (Wildman–Crippen LogP) is 0.541. The number of aromatic nitrogens is 3. The van der Waals surface area contributed by atoms with Gasteiger partial charge in [-0.15, -0.1) is 5.10 Å². The first-order valence-corrected chi connectivity index (χ1v) is 5.57. The Kier molecular flexibility index (Phi) is 2.90. The molecule has 1 atom stereocenters. The van der Waals surface area contributed by atoms with E-state index in [0.29, 0.717) is 5.92 Å². The highest BCUT2D eigenvalue weighted by Crippen LogP contribution is 2.15. The summed E-state index contributed by atoms with van der Waals surface area (Å²) in [5.74, 6) is 2.38. The fourth-order valence-corrected chi connectivity index (χ4v) is 1.87. The van der Waals surface area contributed by atoms with Gasteiger partial charge in [-0.1, -0.05) is 13.8 Å². The quantitative estimate of drug-likeness (QED) is 0.762. The minimum Gasteiger partial charge on any atom is -0.338 e. The molecule has 2 heterocycles. The molecule has 0 amide bonds. The highest BCUT2D eigenvalue weighted by atomic mass is 15.4. The minimum absolute atomic E-state index is 0.275. The van der Waals surface area contributed by atoms with Crippen molar-refractivity contribution in [3.8, 4) is 0 Å². The smallest absolute Gasteiger partial charge is 0.244 e. The number of aromatic amines is 1. The van der Waals surface area contributed by atoms with Crippen molar-refractivity contribution in [1.29, 1.82) is 0 Å². The van der Waals surface area contributed by atoms with Crippen LogP contribution in [0.25, 0.3) is 0 Å². The Morgan fingerprint density at radius 2 is 2.40 bits per heavy atom. The van der Waals surface area contributed by atoms with Gasteiger partial charge in [0.05, 0.1) is 0 Å². The lowest BCUT2D eigenvalue weighted by Crippen LogP contribution is -2.27. The van der Waals surface area contributed by atoms with Crippen molar-refractivity contribution in [3.05, 3.63) is 5.82 Å². The van der Waals surface area contributed by atoms with Gasteiger partial charge in [0.15, 0.2) is 0 Å². The Balaban J connectivity index is 2.00. The third-order valence-corrected chi connectivity index (χ3v) is 2.63. The summed E-state index contributed by atoms with van der Waals surface area (Å²) >= 11 is 0. The number of H-pyrrole nitrogens is 1. The summed E-state index contributed by atoms with van der Waals surface area (Å²) in [5.41, 5.74) is 5.84. The summed E-state index contributed by atoms with van der Waals surface area (Å²) in [7, 11) is 0. The standard InChI is InChI=1S/C10H19N5/c1-7(2)5-9-12-10(14-13-9)15-4-3-8(11)6-15/h7-8H,3-6,11H2,1-2H3,(H,12,13,14). The second-order valence-corrected chi connectivity index (χ2v) is 4.67. The summed E-state index contributed by atoms with van der Waals surface area (Å²) in [6, 6.07) is 0.275. The Hall–Kier alpha value is -1.10. The van der Waals surface area contributed by atoms with Crippen LogP contribution in [-0.2, 0) is 6.42 Å². The van der Waals surface area contributed by atoms with E-state index < -0.39 is 0 Å². The topological polar surface area (TPSA) is 70.8 Å². The lowest BCUT2D eigenvalue weighted by atomic mass is 10.1. The number of rotatable bonds is 3. The number of nitrogens with two attached hydrogens (primary N) is 1. The maximum Gasteiger partial charge on any atom is 0.244 e. The zero-order chi connectivity index (χ0) is 10.8. The number of nitrogens with zero attached hydrogens (tertiary/aromatic N) is 3. The number of anilines is 1. The molecule has 84 valence electrons. The van der Waals surface area contributed by atoms with Gasteiger partial charge in [-0.25, -0.2) is 0 Å². The van der Waals surface area contributed by atoms with Crippen LogP contribution in [0.1, 0.15) is 26.1 Å². The minimum atomic E-state index is 0.275. The van der Waals surface area contributed by atoms with Gasteiger partial charge in [0.2, 0.25) is 5.95 Å². The first-order valence-electron chi connectivity index (χ1n) is 5.57. The largest absolute Gasteiger partial charge is 0.338 e. The van der Waals surface area contributed by atoms with Crippen LogP contribution in [-0.4, -0.2) is 34.3 Å². The monoisotopic (exact) mass is 209 g/mol. The van der Waals surface area contributed by atoms with Crippen LogP contribution in [0.3, 0.4) is 0 Å². The van der Waals surface area contributed by atoms with E-state index >= 15 is 0 Å². The molecule has 1 unspecified atom stereocenters.